The van der Waals surface area contributed by atoms with Crippen molar-refractivity contribution in [2.75, 3.05) is 32.7 Å². The number of rotatable bonds is 4. The Bertz CT molecular complexity index is 589. The van der Waals surface area contributed by atoms with Gasteiger partial charge in [-0.25, -0.2) is 0 Å². The number of hydrogen-bond donors (Lipinski definition) is 0. The molecule has 6 nitrogen and oxygen atoms in total. The van der Waals surface area contributed by atoms with Gasteiger partial charge in [-0.05, 0) is 25.0 Å². The molecule has 130 valence electrons. The molecule has 0 aromatic carbocycles. The van der Waals surface area contributed by atoms with Crippen molar-refractivity contribution in [2.24, 2.45) is 5.92 Å². The molecule has 1 aromatic rings. The van der Waals surface area contributed by atoms with Gasteiger partial charge in [0.2, 0.25) is 11.8 Å². The molecule has 3 aliphatic rings. The van der Waals surface area contributed by atoms with Crippen LogP contribution < -0.4 is 0 Å². The summed E-state index contributed by atoms with van der Waals surface area (Å²) in [6.07, 6.45) is 5.92. The highest BCUT2D eigenvalue weighted by atomic mass is 16.3. The van der Waals surface area contributed by atoms with Crippen LogP contribution in [0, 0.1) is 5.92 Å². The Morgan fingerprint density at radius 2 is 2.00 bits per heavy atom. The van der Waals surface area contributed by atoms with Crippen LogP contribution in [0.25, 0.3) is 0 Å². The van der Waals surface area contributed by atoms with Crippen molar-refractivity contribution in [3.63, 3.8) is 0 Å². The van der Waals surface area contributed by atoms with Crippen LogP contribution >= 0.6 is 0 Å². The summed E-state index contributed by atoms with van der Waals surface area (Å²) in [7, 11) is 0. The summed E-state index contributed by atoms with van der Waals surface area (Å²) < 4.78 is 5.31. The molecule has 3 heterocycles. The summed E-state index contributed by atoms with van der Waals surface area (Å²) in [6.45, 7) is 4.54. The molecule has 1 atom stereocenters. The van der Waals surface area contributed by atoms with Crippen molar-refractivity contribution in [2.45, 2.75) is 38.3 Å². The maximum absolute atomic E-state index is 12.8. The minimum atomic E-state index is -0.192. The number of hydrogen-bond acceptors (Lipinski definition) is 4. The Kier molecular flexibility index (Phi) is 4.31. The molecule has 1 aromatic heterocycles. The Morgan fingerprint density at radius 3 is 2.62 bits per heavy atom. The Balaban J connectivity index is 1.29. The quantitative estimate of drug-likeness (QED) is 0.835. The molecule has 0 spiro atoms. The zero-order valence-corrected chi connectivity index (χ0v) is 14.0. The minimum absolute atomic E-state index is 0.0536. The highest BCUT2D eigenvalue weighted by molar-refractivity contribution is 5.89. The van der Waals surface area contributed by atoms with Crippen molar-refractivity contribution in [1.82, 2.24) is 14.7 Å². The van der Waals surface area contributed by atoms with Crippen molar-refractivity contribution in [3.05, 3.63) is 24.2 Å². The summed E-state index contributed by atoms with van der Waals surface area (Å²) in [5, 5.41) is 0. The third-order valence-corrected chi connectivity index (χ3v) is 5.71. The van der Waals surface area contributed by atoms with Crippen LogP contribution in [-0.4, -0.2) is 65.3 Å². The number of amides is 2. The van der Waals surface area contributed by atoms with Gasteiger partial charge < -0.3 is 14.2 Å². The number of nitrogens with zero attached hydrogens (tertiary/aromatic N) is 3. The smallest absolute Gasteiger partial charge is 0.228 e. The molecule has 4 rings (SSSR count). The monoisotopic (exact) mass is 331 g/mol. The van der Waals surface area contributed by atoms with Gasteiger partial charge in [0.1, 0.15) is 5.76 Å². The van der Waals surface area contributed by atoms with Crippen molar-refractivity contribution in [1.29, 1.82) is 0 Å². The van der Waals surface area contributed by atoms with Crippen molar-refractivity contribution < 1.29 is 14.0 Å². The molecule has 0 N–H and O–H groups in total. The summed E-state index contributed by atoms with van der Waals surface area (Å²) in [6, 6.07) is 4.43. The average Bonchev–Trinajstić information content (AvgIpc) is 3.17. The first-order valence-electron chi connectivity index (χ1n) is 9.03. The second-order valence-electron chi connectivity index (χ2n) is 7.20. The standard InChI is InChI=1S/C18H25N3O3/c22-17-11-14(12-21(17)13-16-5-2-10-24-16)18(23)20-8-6-19(7-9-20)15-3-1-4-15/h2,5,10,14-15H,1,3-4,6-9,11-13H2/t14-/m0/s1. The van der Waals surface area contributed by atoms with E-state index in [2.05, 4.69) is 4.90 Å². The lowest BCUT2D eigenvalue weighted by Gasteiger charge is -2.43. The van der Waals surface area contributed by atoms with Crippen molar-refractivity contribution in [3.8, 4) is 0 Å². The normalized spacial score (nSPS) is 26.0. The van der Waals surface area contributed by atoms with Crippen LogP contribution in [0.4, 0.5) is 0 Å². The van der Waals surface area contributed by atoms with Crippen LogP contribution in [0.3, 0.4) is 0 Å². The first-order chi connectivity index (χ1) is 11.7. The Morgan fingerprint density at radius 1 is 1.21 bits per heavy atom. The molecule has 24 heavy (non-hydrogen) atoms. The van der Waals surface area contributed by atoms with E-state index in [0.29, 0.717) is 19.5 Å². The third kappa shape index (κ3) is 3.07. The predicted octanol–water partition coefficient (Wildman–Crippen LogP) is 1.32. The number of carbonyl (C=O) groups excluding carboxylic acids is 2. The van der Waals surface area contributed by atoms with Gasteiger partial charge in [0.05, 0.1) is 18.7 Å². The van der Waals surface area contributed by atoms with E-state index in [4.69, 9.17) is 4.42 Å². The lowest BCUT2D eigenvalue weighted by Crippen LogP contribution is -2.54. The van der Waals surface area contributed by atoms with E-state index in [9.17, 15) is 9.59 Å². The van der Waals surface area contributed by atoms with Crippen LogP contribution in [0.1, 0.15) is 31.4 Å². The molecule has 2 saturated heterocycles. The van der Waals surface area contributed by atoms with Crippen LogP contribution in [0.5, 0.6) is 0 Å². The van der Waals surface area contributed by atoms with Crippen LogP contribution in [-0.2, 0) is 16.1 Å². The maximum Gasteiger partial charge on any atom is 0.228 e. The number of piperazine rings is 1. The van der Waals surface area contributed by atoms with Gasteiger partial charge in [0.25, 0.3) is 0 Å². The molecule has 1 aliphatic carbocycles. The second-order valence-corrected chi connectivity index (χ2v) is 7.20. The van der Waals surface area contributed by atoms with Gasteiger partial charge in [-0.15, -0.1) is 0 Å². The molecule has 0 unspecified atom stereocenters. The number of furan rings is 1. The summed E-state index contributed by atoms with van der Waals surface area (Å²) >= 11 is 0. The van der Waals surface area contributed by atoms with E-state index in [1.807, 2.05) is 17.0 Å². The molecular formula is C18H25N3O3. The van der Waals surface area contributed by atoms with Crippen LogP contribution in [0.2, 0.25) is 0 Å². The zero-order chi connectivity index (χ0) is 16.5. The van der Waals surface area contributed by atoms with E-state index >= 15 is 0 Å². The lowest BCUT2D eigenvalue weighted by atomic mass is 9.91. The van der Waals surface area contributed by atoms with E-state index in [1.165, 1.54) is 19.3 Å². The van der Waals surface area contributed by atoms with Crippen molar-refractivity contribution >= 4 is 11.8 Å². The molecule has 1 saturated carbocycles. The molecule has 3 fully saturated rings. The van der Waals surface area contributed by atoms with Gasteiger partial charge in [0, 0.05) is 45.2 Å². The molecule has 2 aliphatic heterocycles. The number of likely N-dealkylation sites (tertiary alicyclic amines) is 1. The predicted molar refractivity (Wildman–Crippen MR) is 88.0 cm³/mol. The highest BCUT2D eigenvalue weighted by Crippen LogP contribution is 2.27. The summed E-state index contributed by atoms with van der Waals surface area (Å²) in [5.74, 6) is 0.782. The largest absolute Gasteiger partial charge is 0.467 e. The first kappa shape index (κ1) is 15.7. The highest BCUT2D eigenvalue weighted by Gasteiger charge is 2.38. The average molecular weight is 331 g/mol. The molecule has 0 bridgehead atoms. The van der Waals surface area contributed by atoms with Crippen LogP contribution in [0.15, 0.2) is 22.8 Å². The van der Waals surface area contributed by atoms with Gasteiger partial charge in [-0.2, -0.15) is 0 Å². The molecular weight excluding hydrogens is 306 g/mol. The third-order valence-electron chi connectivity index (χ3n) is 5.71. The fourth-order valence-corrected chi connectivity index (χ4v) is 4.00. The molecule has 2 amide bonds. The second kappa shape index (κ2) is 6.59. The molecule has 0 radical (unpaired) electrons. The van der Waals surface area contributed by atoms with E-state index in [0.717, 1.165) is 38.0 Å². The van der Waals surface area contributed by atoms with Gasteiger partial charge >= 0.3 is 0 Å². The van der Waals surface area contributed by atoms with Gasteiger partial charge in [-0.1, -0.05) is 6.42 Å². The van der Waals surface area contributed by atoms with Gasteiger partial charge in [-0.3, -0.25) is 14.5 Å². The summed E-state index contributed by atoms with van der Waals surface area (Å²) in [4.78, 5) is 31.2. The van der Waals surface area contributed by atoms with E-state index < -0.39 is 0 Å². The topological polar surface area (TPSA) is 57.0 Å². The van der Waals surface area contributed by atoms with Gasteiger partial charge in [0.15, 0.2) is 0 Å². The Hall–Kier alpha value is -1.82. The van der Waals surface area contributed by atoms with E-state index in [-0.39, 0.29) is 17.7 Å². The number of carbonyl (C=O) groups is 2. The van der Waals surface area contributed by atoms with E-state index in [1.54, 1.807) is 11.2 Å². The maximum atomic E-state index is 12.8. The Labute approximate surface area is 142 Å². The lowest BCUT2D eigenvalue weighted by molar-refractivity contribution is -0.138. The fourth-order valence-electron chi connectivity index (χ4n) is 4.00. The fraction of sp³-hybridized carbons (Fsp3) is 0.667. The molecule has 6 heteroatoms. The first-order valence-corrected chi connectivity index (χ1v) is 9.03. The zero-order valence-electron chi connectivity index (χ0n) is 14.0. The minimum Gasteiger partial charge on any atom is -0.467 e. The summed E-state index contributed by atoms with van der Waals surface area (Å²) in [5.41, 5.74) is 0. The SMILES string of the molecule is O=C1C[C@H](C(=O)N2CCN(C3CCC3)CC2)CN1Cc1ccco1.